The fourth-order valence-electron chi connectivity index (χ4n) is 0.866. The van der Waals surface area contributed by atoms with Crippen molar-refractivity contribution in [3.05, 3.63) is 22.2 Å². The Morgan fingerprint density at radius 2 is 1.92 bits per heavy atom. The molecule has 0 amide bonds. The zero-order chi connectivity index (χ0) is 9.84. The number of hydrogen-bond acceptors (Lipinski definition) is 3. The molecular weight excluding hydrogens is 211 g/mol. The van der Waals surface area contributed by atoms with Crippen LogP contribution in [0.2, 0.25) is 10.3 Å². The minimum Gasteiger partial charge on any atom is -0.381 e. The summed E-state index contributed by atoms with van der Waals surface area (Å²) >= 11 is 11.4. The molecule has 1 heterocycles. The van der Waals surface area contributed by atoms with Crippen molar-refractivity contribution < 1.29 is 4.74 Å². The monoisotopic (exact) mass is 220 g/mol. The van der Waals surface area contributed by atoms with Crippen LogP contribution in [-0.4, -0.2) is 23.2 Å². The van der Waals surface area contributed by atoms with Crippen molar-refractivity contribution in [2.45, 2.75) is 19.4 Å². The molecule has 0 aliphatic carbocycles. The van der Waals surface area contributed by atoms with Crippen LogP contribution in [0.3, 0.4) is 0 Å². The van der Waals surface area contributed by atoms with Gasteiger partial charge < -0.3 is 4.74 Å². The average molecular weight is 221 g/mol. The molecule has 5 heteroatoms. The maximum Gasteiger partial charge on any atom is 0.134 e. The molecule has 13 heavy (non-hydrogen) atoms. The third-order valence-electron chi connectivity index (χ3n) is 1.58. The molecule has 72 valence electrons. The van der Waals surface area contributed by atoms with E-state index in [1.54, 1.807) is 7.11 Å². The Morgan fingerprint density at radius 3 is 2.38 bits per heavy atom. The summed E-state index contributed by atoms with van der Waals surface area (Å²) in [6.45, 7) is 1.93. The predicted octanol–water partition coefficient (Wildman–Crippen LogP) is 2.36. The lowest BCUT2D eigenvalue weighted by Crippen LogP contribution is -2.11. The molecule has 0 bridgehead atoms. The van der Waals surface area contributed by atoms with Crippen molar-refractivity contribution in [2.24, 2.45) is 0 Å². The van der Waals surface area contributed by atoms with Gasteiger partial charge in [-0.2, -0.15) is 0 Å². The lowest BCUT2D eigenvalue weighted by Gasteiger charge is -2.07. The van der Waals surface area contributed by atoms with Crippen LogP contribution in [-0.2, 0) is 11.2 Å². The molecular formula is C8H10Cl2N2O. The third-order valence-corrected chi connectivity index (χ3v) is 1.97. The zero-order valence-corrected chi connectivity index (χ0v) is 8.93. The Kier molecular flexibility index (Phi) is 3.90. The highest BCUT2D eigenvalue weighted by molar-refractivity contribution is 6.33. The molecule has 1 atom stereocenters. The third kappa shape index (κ3) is 3.46. The van der Waals surface area contributed by atoms with E-state index >= 15 is 0 Å². The second-order valence-electron chi connectivity index (χ2n) is 2.68. The molecule has 0 saturated carbocycles. The van der Waals surface area contributed by atoms with Crippen LogP contribution in [0.4, 0.5) is 0 Å². The van der Waals surface area contributed by atoms with Gasteiger partial charge in [0.1, 0.15) is 16.1 Å². The van der Waals surface area contributed by atoms with Crippen LogP contribution < -0.4 is 0 Å². The number of hydrogen-bond donors (Lipinski definition) is 0. The molecule has 0 radical (unpaired) electrons. The van der Waals surface area contributed by atoms with Crippen molar-refractivity contribution in [1.29, 1.82) is 0 Å². The second kappa shape index (κ2) is 4.74. The van der Waals surface area contributed by atoms with Gasteiger partial charge >= 0.3 is 0 Å². The Bertz CT molecular complexity index is 273. The van der Waals surface area contributed by atoms with E-state index in [1.807, 2.05) is 6.92 Å². The summed E-state index contributed by atoms with van der Waals surface area (Å²) in [6, 6.07) is 1.50. The van der Waals surface area contributed by atoms with Gasteiger partial charge in [-0.1, -0.05) is 23.2 Å². The summed E-state index contributed by atoms with van der Waals surface area (Å²) in [7, 11) is 1.64. The lowest BCUT2D eigenvalue weighted by atomic mass is 10.3. The summed E-state index contributed by atoms with van der Waals surface area (Å²) in [5.41, 5.74) is 0. The van der Waals surface area contributed by atoms with E-state index in [2.05, 4.69) is 9.97 Å². The minimum atomic E-state index is 0.0644. The van der Waals surface area contributed by atoms with Gasteiger partial charge in [-0.05, 0) is 6.92 Å². The Balaban J connectivity index is 2.77. The van der Waals surface area contributed by atoms with E-state index in [0.717, 1.165) is 0 Å². The highest BCUT2D eigenvalue weighted by atomic mass is 35.5. The van der Waals surface area contributed by atoms with Crippen molar-refractivity contribution in [3.8, 4) is 0 Å². The Hall–Kier alpha value is -0.380. The normalized spacial score (nSPS) is 12.9. The van der Waals surface area contributed by atoms with E-state index in [0.29, 0.717) is 22.6 Å². The summed E-state index contributed by atoms with van der Waals surface area (Å²) in [4.78, 5) is 8.02. The molecule has 0 saturated heterocycles. The summed E-state index contributed by atoms with van der Waals surface area (Å²) in [5, 5.41) is 0.719. The Morgan fingerprint density at radius 1 is 1.38 bits per heavy atom. The fraction of sp³-hybridized carbons (Fsp3) is 0.500. The maximum atomic E-state index is 5.70. The molecule has 0 aliphatic rings. The van der Waals surface area contributed by atoms with Gasteiger partial charge in [0.15, 0.2) is 0 Å². The standard InChI is InChI=1S/C8H10Cl2N2O/c1-5(13-2)3-8-11-6(9)4-7(10)12-8/h4-5H,3H2,1-2H3. The van der Waals surface area contributed by atoms with Crippen molar-refractivity contribution in [1.82, 2.24) is 9.97 Å². The molecule has 1 rings (SSSR count). The number of nitrogens with zero attached hydrogens (tertiary/aromatic N) is 2. The molecule has 0 spiro atoms. The first kappa shape index (κ1) is 10.7. The van der Waals surface area contributed by atoms with E-state index in [4.69, 9.17) is 27.9 Å². The topological polar surface area (TPSA) is 35.0 Å². The Labute approximate surface area is 87.1 Å². The molecule has 1 aromatic rings. The van der Waals surface area contributed by atoms with Gasteiger partial charge in [-0.15, -0.1) is 0 Å². The highest BCUT2D eigenvalue weighted by Crippen LogP contribution is 2.12. The molecule has 0 aromatic carbocycles. The fourth-order valence-corrected chi connectivity index (χ4v) is 1.32. The van der Waals surface area contributed by atoms with Crippen molar-refractivity contribution in [2.75, 3.05) is 7.11 Å². The molecule has 3 nitrogen and oxygen atoms in total. The van der Waals surface area contributed by atoms with Crippen LogP contribution >= 0.6 is 23.2 Å². The smallest absolute Gasteiger partial charge is 0.134 e. The van der Waals surface area contributed by atoms with E-state index in [-0.39, 0.29) is 6.10 Å². The molecule has 0 aliphatic heterocycles. The summed E-state index contributed by atoms with van der Waals surface area (Å²) < 4.78 is 5.07. The minimum absolute atomic E-state index is 0.0644. The van der Waals surface area contributed by atoms with Crippen LogP contribution in [0.15, 0.2) is 6.07 Å². The van der Waals surface area contributed by atoms with Gasteiger partial charge in [-0.3, -0.25) is 0 Å². The number of halogens is 2. The van der Waals surface area contributed by atoms with Gasteiger partial charge in [0.05, 0.1) is 6.10 Å². The van der Waals surface area contributed by atoms with Crippen LogP contribution in [0.1, 0.15) is 12.7 Å². The average Bonchev–Trinajstić information content (AvgIpc) is 2.02. The van der Waals surface area contributed by atoms with E-state index < -0.39 is 0 Å². The summed E-state index contributed by atoms with van der Waals surface area (Å²) in [5.74, 6) is 0.604. The molecule has 0 N–H and O–H groups in total. The van der Waals surface area contributed by atoms with E-state index in [9.17, 15) is 0 Å². The van der Waals surface area contributed by atoms with E-state index in [1.165, 1.54) is 6.07 Å². The second-order valence-corrected chi connectivity index (χ2v) is 3.45. The molecule has 0 fully saturated rings. The van der Waals surface area contributed by atoms with Crippen molar-refractivity contribution in [3.63, 3.8) is 0 Å². The highest BCUT2D eigenvalue weighted by Gasteiger charge is 2.06. The van der Waals surface area contributed by atoms with Gasteiger partial charge in [0.25, 0.3) is 0 Å². The zero-order valence-electron chi connectivity index (χ0n) is 7.42. The number of aromatic nitrogens is 2. The largest absolute Gasteiger partial charge is 0.381 e. The predicted molar refractivity (Wildman–Crippen MR) is 52.2 cm³/mol. The van der Waals surface area contributed by atoms with Crippen LogP contribution in [0.5, 0.6) is 0 Å². The number of methoxy groups -OCH3 is 1. The first-order valence-corrected chi connectivity index (χ1v) is 4.59. The van der Waals surface area contributed by atoms with Gasteiger partial charge in [0.2, 0.25) is 0 Å². The van der Waals surface area contributed by atoms with Crippen molar-refractivity contribution >= 4 is 23.2 Å². The van der Waals surface area contributed by atoms with Gasteiger partial charge in [-0.25, -0.2) is 9.97 Å². The quantitative estimate of drug-likeness (QED) is 0.735. The first-order chi connectivity index (χ1) is 6.11. The lowest BCUT2D eigenvalue weighted by molar-refractivity contribution is 0.117. The number of rotatable bonds is 3. The van der Waals surface area contributed by atoms with Crippen LogP contribution in [0.25, 0.3) is 0 Å². The first-order valence-electron chi connectivity index (χ1n) is 3.83. The maximum absolute atomic E-state index is 5.70. The summed E-state index contributed by atoms with van der Waals surface area (Å²) in [6.07, 6.45) is 0.672. The van der Waals surface area contributed by atoms with Crippen LogP contribution in [0, 0.1) is 0 Å². The SMILES string of the molecule is COC(C)Cc1nc(Cl)cc(Cl)n1. The van der Waals surface area contributed by atoms with Gasteiger partial charge in [0, 0.05) is 19.6 Å². The molecule has 1 unspecified atom stereocenters. The number of ether oxygens (including phenoxy) is 1. The molecule has 1 aromatic heterocycles.